The fourth-order valence-electron chi connectivity index (χ4n) is 2.72. The van der Waals surface area contributed by atoms with E-state index in [-0.39, 0.29) is 6.04 Å². The molecule has 0 bridgehead atoms. The third kappa shape index (κ3) is 2.68. The van der Waals surface area contributed by atoms with Gasteiger partial charge in [-0.1, -0.05) is 44.2 Å². The lowest BCUT2D eigenvalue weighted by Gasteiger charge is -2.29. The molecule has 0 saturated carbocycles. The van der Waals surface area contributed by atoms with Crippen LogP contribution in [0.25, 0.3) is 0 Å². The fourth-order valence-corrected chi connectivity index (χ4v) is 2.72. The summed E-state index contributed by atoms with van der Waals surface area (Å²) in [5.41, 5.74) is 1.22. The molecular formula is C14H21NO2. The molecule has 94 valence electrons. The van der Waals surface area contributed by atoms with Gasteiger partial charge in [0.1, 0.15) is 0 Å². The summed E-state index contributed by atoms with van der Waals surface area (Å²) in [5, 5.41) is 19.8. The molecule has 0 aromatic heterocycles. The Balaban J connectivity index is 2.10. The van der Waals surface area contributed by atoms with Gasteiger partial charge in [-0.15, -0.1) is 0 Å². The number of likely N-dealkylation sites (tertiary alicyclic amines) is 1. The van der Waals surface area contributed by atoms with Crippen LogP contribution in [-0.4, -0.2) is 39.9 Å². The lowest BCUT2D eigenvalue weighted by molar-refractivity contribution is 0.0256. The normalized spacial score (nSPS) is 30.1. The summed E-state index contributed by atoms with van der Waals surface area (Å²) in [6.45, 7) is 5.52. The highest BCUT2D eigenvalue weighted by atomic mass is 16.3. The average Bonchev–Trinajstić information content (AvgIpc) is 2.56. The van der Waals surface area contributed by atoms with Gasteiger partial charge < -0.3 is 10.2 Å². The van der Waals surface area contributed by atoms with Gasteiger partial charge >= 0.3 is 0 Å². The minimum atomic E-state index is -0.626. The van der Waals surface area contributed by atoms with E-state index in [1.807, 2.05) is 18.2 Å². The molecule has 1 aromatic carbocycles. The van der Waals surface area contributed by atoms with Crippen molar-refractivity contribution < 1.29 is 10.2 Å². The maximum absolute atomic E-state index is 9.98. The van der Waals surface area contributed by atoms with Crippen molar-refractivity contribution >= 4 is 0 Å². The largest absolute Gasteiger partial charge is 0.389 e. The molecule has 0 aliphatic carbocycles. The van der Waals surface area contributed by atoms with Crippen molar-refractivity contribution in [2.45, 2.75) is 38.6 Å². The Bertz CT molecular complexity index is 352. The minimum absolute atomic E-state index is 0.0465. The Hall–Kier alpha value is -0.900. The van der Waals surface area contributed by atoms with Gasteiger partial charge in [-0.25, -0.2) is 0 Å². The van der Waals surface area contributed by atoms with Gasteiger partial charge in [0.25, 0.3) is 0 Å². The predicted molar refractivity (Wildman–Crippen MR) is 67.5 cm³/mol. The molecule has 0 unspecified atom stereocenters. The molecule has 17 heavy (non-hydrogen) atoms. The van der Waals surface area contributed by atoms with Gasteiger partial charge in [0.2, 0.25) is 0 Å². The number of aliphatic hydroxyl groups excluding tert-OH is 2. The van der Waals surface area contributed by atoms with Crippen LogP contribution in [0.3, 0.4) is 0 Å². The predicted octanol–water partition coefficient (Wildman–Crippen LogP) is 1.25. The number of aliphatic hydroxyl groups is 2. The van der Waals surface area contributed by atoms with Crippen LogP contribution in [0.15, 0.2) is 30.3 Å². The van der Waals surface area contributed by atoms with Gasteiger partial charge in [-0.3, -0.25) is 4.90 Å². The number of rotatable bonds is 3. The number of β-amino-alcohol motifs (C(OH)–C–C–N with tert-alkyl or cyclic N) is 1. The topological polar surface area (TPSA) is 43.7 Å². The Morgan fingerprint density at radius 3 is 2.47 bits per heavy atom. The van der Waals surface area contributed by atoms with Crippen molar-refractivity contribution in [3.8, 4) is 0 Å². The van der Waals surface area contributed by atoms with Crippen LogP contribution in [0.5, 0.6) is 0 Å². The van der Waals surface area contributed by atoms with Crippen LogP contribution >= 0.6 is 0 Å². The molecule has 3 atom stereocenters. The lowest BCUT2D eigenvalue weighted by Crippen LogP contribution is -2.39. The zero-order valence-electron chi connectivity index (χ0n) is 10.5. The summed E-state index contributed by atoms with van der Waals surface area (Å²) < 4.78 is 0. The van der Waals surface area contributed by atoms with E-state index in [1.54, 1.807) is 0 Å². The van der Waals surface area contributed by atoms with Gasteiger partial charge in [0, 0.05) is 19.1 Å². The third-order valence-corrected chi connectivity index (χ3v) is 3.50. The maximum Gasteiger partial charge on any atom is 0.0969 e. The molecule has 1 aliphatic heterocycles. The van der Waals surface area contributed by atoms with Crippen molar-refractivity contribution in [3.05, 3.63) is 35.9 Å². The second kappa shape index (κ2) is 5.17. The van der Waals surface area contributed by atoms with Crippen molar-refractivity contribution in [3.63, 3.8) is 0 Å². The molecule has 1 saturated heterocycles. The fraction of sp³-hybridized carbons (Fsp3) is 0.571. The standard InChI is InChI=1S/C14H21NO2/c1-10(2)13-14(17)12(16)9-15(13)8-11-6-4-3-5-7-11/h3-7,10,12-14,16-17H,8-9H2,1-2H3/t12-,13-,14+/m0/s1. The summed E-state index contributed by atoms with van der Waals surface area (Å²) >= 11 is 0. The zero-order valence-corrected chi connectivity index (χ0v) is 10.5. The highest BCUT2D eigenvalue weighted by Crippen LogP contribution is 2.26. The highest BCUT2D eigenvalue weighted by molar-refractivity contribution is 5.15. The van der Waals surface area contributed by atoms with Crippen molar-refractivity contribution in [1.82, 2.24) is 4.90 Å². The molecule has 1 aromatic rings. The van der Waals surface area contributed by atoms with Crippen molar-refractivity contribution in [1.29, 1.82) is 0 Å². The van der Waals surface area contributed by atoms with E-state index in [4.69, 9.17) is 0 Å². The lowest BCUT2D eigenvalue weighted by atomic mass is 9.98. The number of nitrogens with zero attached hydrogens (tertiary/aromatic N) is 1. The first kappa shape index (κ1) is 12.6. The molecule has 2 N–H and O–H groups in total. The first-order valence-corrected chi connectivity index (χ1v) is 6.23. The molecule has 1 aliphatic rings. The van der Waals surface area contributed by atoms with Crippen LogP contribution in [0.4, 0.5) is 0 Å². The summed E-state index contributed by atoms with van der Waals surface area (Å²) in [7, 11) is 0. The van der Waals surface area contributed by atoms with Crippen LogP contribution < -0.4 is 0 Å². The van der Waals surface area contributed by atoms with Gasteiger partial charge in [-0.05, 0) is 11.5 Å². The first-order valence-electron chi connectivity index (χ1n) is 6.23. The summed E-state index contributed by atoms with van der Waals surface area (Å²) in [5.74, 6) is 0.339. The Morgan fingerprint density at radius 1 is 1.24 bits per heavy atom. The molecule has 2 rings (SSSR count). The number of hydrogen-bond acceptors (Lipinski definition) is 3. The third-order valence-electron chi connectivity index (χ3n) is 3.50. The van der Waals surface area contributed by atoms with Gasteiger partial charge in [0.15, 0.2) is 0 Å². The van der Waals surface area contributed by atoms with E-state index in [9.17, 15) is 10.2 Å². The van der Waals surface area contributed by atoms with Gasteiger partial charge in [0.05, 0.1) is 12.2 Å². The molecule has 1 heterocycles. The van der Waals surface area contributed by atoms with E-state index in [0.29, 0.717) is 12.5 Å². The second-order valence-corrected chi connectivity index (χ2v) is 5.21. The Morgan fingerprint density at radius 2 is 1.88 bits per heavy atom. The van der Waals surface area contributed by atoms with E-state index < -0.39 is 12.2 Å². The van der Waals surface area contributed by atoms with Crippen LogP contribution in [0.1, 0.15) is 19.4 Å². The van der Waals surface area contributed by atoms with Crippen molar-refractivity contribution in [2.75, 3.05) is 6.54 Å². The molecule has 3 heteroatoms. The van der Waals surface area contributed by atoms with E-state index in [2.05, 4.69) is 30.9 Å². The van der Waals surface area contributed by atoms with Crippen LogP contribution in [0, 0.1) is 5.92 Å². The van der Waals surface area contributed by atoms with E-state index in [1.165, 1.54) is 5.56 Å². The average molecular weight is 235 g/mol. The number of hydrogen-bond donors (Lipinski definition) is 2. The smallest absolute Gasteiger partial charge is 0.0969 e. The minimum Gasteiger partial charge on any atom is -0.389 e. The maximum atomic E-state index is 9.98. The summed E-state index contributed by atoms with van der Waals surface area (Å²) in [6, 6.07) is 10.2. The molecule has 0 spiro atoms. The summed E-state index contributed by atoms with van der Waals surface area (Å²) in [4.78, 5) is 2.18. The van der Waals surface area contributed by atoms with E-state index in [0.717, 1.165) is 6.54 Å². The van der Waals surface area contributed by atoms with Gasteiger partial charge in [-0.2, -0.15) is 0 Å². The SMILES string of the molecule is CC(C)[C@H]1[C@H](O)[C@@H](O)CN1Cc1ccccc1. The molecule has 1 fully saturated rings. The Labute approximate surface area is 103 Å². The van der Waals surface area contributed by atoms with E-state index >= 15 is 0 Å². The highest BCUT2D eigenvalue weighted by Gasteiger charge is 2.40. The molecule has 0 amide bonds. The first-order chi connectivity index (χ1) is 8.09. The van der Waals surface area contributed by atoms with Crippen LogP contribution in [0.2, 0.25) is 0 Å². The molecule has 0 radical (unpaired) electrons. The molecular weight excluding hydrogens is 214 g/mol. The van der Waals surface area contributed by atoms with Crippen molar-refractivity contribution in [2.24, 2.45) is 5.92 Å². The Kier molecular flexibility index (Phi) is 3.82. The van der Waals surface area contributed by atoms with Crippen LogP contribution in [-0.2, 0) is 6.54 Å². The zero-order chi connectivity index (χ0) is 12.4. The second-order valence-electron chi connectivity index (χ2n) is 5.21. The quantitative estimate of drug-likeness (QED) is 0.828. The summed E-state index contributed by atoms with van der Waals surface area (Å²) in [6.07, 6.45) is -1.25. The number of benzene rings is 1. The monoisotopic (exact) mass is 235 g/mol. The molecule has 3 nitrogen and oxygen atoms in total.